The molecule has 1 atom stereocenters. The Kier molecular flexibility index (Phi) is 9.17. The number of carbonyl (C=O) groups is 1. The summed E-state index contributed by atoms with van der Waals surface area (Å²) >= 11 is 0. The van der Waals surface area contributed by atoms with Gasteiger partial charge in [-0.1, -0.05) is 6.07 Å². The number of ether oxygens (including phenoxy) is 3. The zero-order valence-corrected chi connectivity index (χ0v) is 13.1. The van der Waals surface area contributed by atoms with Crippen LogP contribution in [-0.4, -0.2) is 59.2 Å². The fraction of sp³-hybridized carbons (Fsp3) is 0.533. The van der Waals surface area contributed by atoms with Crippen molar-refractivity contribution < 1.29 is 19.0 Å². The number of hydrogen-bond donors (Lipinski definition) is 3. The Morgan fingerprint density at radius 3 is 2.86 bits per heavy atom. The average molecular weight is 311 g/mol. The Morgan fingerprint density at radius 1 is 1.32 bits per heavy atom. The third kappa shape index (κ3) is 7.37. The summed E-state index contributed by atoms with van der Waals surface area (Å²) in [5.41, 5.74) is 6.30. The van der Waals surface area contributed by atoms with Crippen LogP contribution in [0.25, 0.3) is 0 Å². The predicted octanol–water partition coefficient (Wildman–Crippen LogP) is -0.0376. The Hall–Kier alpha value is -1.67. The molecule has 0 aliphatic rings. The van der Waals surface area contributed by atoms with Crippen molar-refractivity contribution in [2.45, 2.75) is 6.23 Å². The van der Waals surface area contributed by atoms with Crippen LogP contribution in [0.15, 0.2) is 24.3 Å². The molecule has 0 heterocycles. The van der Waals surface area contributed by atoms with Gasteiger partial charge < -0.3 is 30.6 Å². The molecule has 0 saturated heterocycles. The topological polar surface area (TPSA) is 94.8 Å². The Morgan fingerprint density at radius 2 is 2.14 bits per heavy atom. The van der Waals surface area contributed by atoms with Gasteiger partial charge in [0.1, 0.15) is 18.6 Å². The molecule has 1 aromatic rings. The molecule has 0 fully saturated rings. The van der Waals surface area contributed by atoms with Crippen molar-refractivity contribution in [3.05, 3.63) is 29.8 Å². The van der Waals surface area contributed by atoms with Gasteiger partial charge in [-0.05, 0) is 25.2 Å². The second-order valence-corrected chi connectivity index (χ2v) is 4.60. The van der Waals surface area contributed by atoms with E-state index in [9.17, 15) is 4.79 Å². The molecule has 1 amide bonds. The molecule has 0 aromatic heterocycles. The zero-order chi connectivity index (χ0) is 16.2. The van der Waals surface area contributed by atoms with Crippen LogP contribution in [0.1, 0.15) is 10.4 Å². The lowest BCUT2D eigenvalue weighted by Gasteiger charge is -2.14. The van der Waals surface area contributed by atoms with E-state index in [1.165, 1.54) is 0 Å². The molecule has 0 saturated carbocycles. The van der Waals surface area contributed by atoms with E-state index >= 15 is 0 Å². The average Bonchev–Trinajstić information content (AvgIpc) is 2.53. The maximum Gasteiger partial charge on any atom is 0.251 e. The van der Waals surface area contributed by atoms with Crippen molar-refractivity contribution in [1.82, 2.24) is 10.6 Å². The van der Waals surface area contributed by atoms with Gasteiger partial charge in [0, 0.05) is 25.8 Å². The first kappa shape index (κ1) is 18.4. The fourth-order valence-electron chi connectivity index (χ4n) is 1.64. The standard InChI is InChI=1S/C15H25N3O4/c1-17-6-7-18-15(19)12-4-3-5-13(10-12)22-11-14(16)21-9-8-20-2/h3-5,10,14,17H,6-9,11,16H2,1-2H3,(H,18,19). The van der Waals surface area contributed by atoms with E-state index < -0.39 is 6.23 Å². The molecule has 4 N–H and O–H groups in total. The van der Waals surface area contributed by atoms with E-state index in [1.54, 1.807) is 31.4 Å². The number of hydrogen-bond acceptors (Lipinski definition) is 6. The number of nitrogens with two attached hydrogens (primary N) is 1. The molecule has 0 spiro atoms. The van der Waals surface area contributed by atoms with Crippen molar-refractivity contribution in [2.24, 2.45) is 5.73 Å². The summed E-state index contributed by atoms with van der Waals surface area (Å²) in [6.07, 6.45) is -0.539. The predicted molar refractivity (Wildman–Crippen MR) is 84.0 cm³/mol. The Balaban J connectivity index is 2.41. The molecule has 7 nitrogen and oxygen atoms in total. The summed E-state index contributed by atoms with van der Waals surface area (Å²) in [6.45, 7) is 2.38. The van der Waals surface area contributed by atoms with Crippen molar-refractivity contribution in [2.75, 3.05) is 47.1 Å². The molecular weight excluding hydrogens is 286 g/mol. The summed E-state index contributed by atoms with van der Waals surface area (Å²) < 4.78 is 15.7. The van der Waals surface area contributed by atoms with Gasteiger partial charge in [0.15, 0.2) is 0 Å². The van der Waals surface area contributed by atoms with Gasteiger partial charge in [0.2, 0.25) is 0 Å². The number of carbonyl (C=O) groups excluding carboxylic acids is 1. The van der Waals surface area contributed by atoms with Gasteiger partial charge >= 0.3 is 0 Å². The second-order valence-electron chi connectivity index (χ2n) is 4.60. The van der Waals surface area contributed by atoms with Crippen LogP contribution >= 0.6 is 0 Å². The van der Waals surface area contributed by atoms with E-state index in [0.29, 0.717) is 31.1 Å². The Labute approximate surface area is 131 Å². The first-order valence-electron chi connectivity index (χ1n) is 7.19. The van der Waals surface area contributed by atoms with Gasteiger partial charge in [-0.15, -0.1) is 0 Å². The molecular formula is C15H25N3O4. The third-order valence-electron chi connectivity index (χ3n) is 2.79. The molecule has 1 unspecified atom stereocenters. The number of methoxy groups -OCH3 is 1. The highest BCUT2D eigenvalue weighted by Gasteiger charge is 2.08. The number of amides is 1. The van der Waals surface area contributed by atoms with Crippen LogP contribution in [0, 0.1) is 0 Å². The molecule has 7 heteroatoms. The van der Waals surface area contributed by atoms with Crippen LogP contribution in [0.4, 0.5) is 0 Å². The lowest BCUT2D eigenvalue weighted by atomic mass is 10.2. The fourth-order valence-corrected chi connectivity index (χ4v) is 1.64. The summed E-state index contributed by atoms with van der Waals surface area (Å²) in [5.74, 6) is 0.438. The van der Waals surface area contributed by atoms with Crippen LogP contribution in [0.2, 0.25) is 0 Å². The molecule has 0 radical (unpaired) electrons. The second kappa shape index (κ2) is 11.0. The highest BCUT2D eigenvalue weighted by molar-refractivity contribution is 5.94. The Bertz CT molecular complexity index is 443. The zero-order valence-electron chi connectivity index (χ0n) is 13.1. The van der Waals surface area contributed by atoms with Crippen molar-refractivity contribution in [3.8, 4) is 5.75 Å². The molecule has 0 bridgehead atoms. The van der Waals surface area contributed by atoms with Gasteiger partial charge in [-0.2, -0.15) is 0 Å². The quantitative estimate of drug-likeness (QED) is 0.392. The smallest absolute Gasteiger partial charge is 0.251 e. The maximum absolute atomic E-state index is 11.9. The van der Waals surface area contributed by atoms with Crippen molar-refractivity contribution in [1.29, 1.82) is 0 Å². The third-order valence-corrected chi connectivity index (χ3v) is 2.79. The summed E-state index contributed by atoms with van der Waals surface area (Å²) in [4.78, 5) is 11.9. The minimum Gasteiger partial charge on any atom is -0.489 e. The highest BCUT2D eigenvalue weighted by atomic mass is 16.6. The summed E-state index contributed by atoms with van der Waals surface area (Å²) in [5, 5.41) is 5.77. The maximum atomic E-state index is 11.9. The van der Waals surface area contributed by atoms with E-state index in [2.05, 4.69) is 10.6 Å². The minimum atomic E-state index is -0.539. The first-order valence-corrected chi connectivity index (χ1v) is 7.19. The number of rotatable bonds is 11. The lowest BCUT2D eigenvalue weighted by molar-refractivity contribution is -0.00195. The van der Waals surface area contributed by atoms with Gasteiger partial charge in [0.05, 0.1) is 13.2 Å². The summed E-state index contributed by atoms with van der Waals surface area (Å²) in [7, 11) is 3.43. The molecule has 124 valence electrons. The number of nitrogens with one attached hydrogen (secondary N) is 2. The first-order chi connectivity index (χ1) is 10.7. The normalized spacial score (nSPS) is 12.0. The molecule has 1 rings (SSSR count). The molecule has 1 aromatic carbocycles. The van der Waals surface area contributed by atoms with Crippen LogP contribution in [0.5, 0.6) is 5.75 Å². The van der Waals surface area contributed by atoms with Gasteiger partial charge in [-0.3, -0.25) is 4.79 Å². The van der Waals surface area contributed by atoms with Crippen molar-refractivity contribution in [3.63, 3.8) is 0 Å². The number of benzene rings is 1. The molecule has 0 aliphatic heterocycles. The van der Waals surface area contributed by atoms with E-state index in [1.807, 2.05) is 7.05 Å². The molecule has 0 aliphatic carbocycles. The van der Waals surface area contributed by atoms with Gasteiger partial charge in [0.25, 0.3) is 5.91 Å². The summed E-state index contributed by atoms with van der Waals surface area (Å²) in [6, 6.07) is 6.94. The number of likely N-dealkylation sites (N-methyl/N-ethyl adjacent to an activating group) is 1. The van der Waals surface area contributed by atoms with E-state index in [4.69, 9.17) is 19.9 Å². The van der Waals surface area contributed by atoms with Gasteiger partial charge in [-0.25, -0.2) is 0 Å². The SMILES string of the molecule is CNCCNC(=O)c1cccc(OCC(N)OCCOC)c1. The largest absolute Gasteiger partial charge is 0.489 e. The minimum absolute atomic E-state index is 0.138. The van der Waals surface area contributed by atoms with E-state index in [0.717, 1.165) is 6.54 Å². The van der Waals surface area contributed by atoms with Crippen LogP contribution < -0.4 is 21.1 Å². The highest BCUT2D eigenvalue weighted by Crippen LogP contribution is 2.13. The van der Waals surface area contributed by atoms with Crippen molar-refractivity contribution >= 4 is 5.91 Å². The monoisotopic (exact) mass is 311 g/mol. The lowest BCUT2D eigenvalue weighted by Crippen LogP contribution is -2.32. The van der Waals surface area contributed by atoms with Crippen LogP contribution in [-0.2, 0) is 9.47 Å². The van der Waals surface area contributed by atoms with E-state index in [-0.39, 0.29) is 12.5 Å². The van der Waals surface area contributed by atoms with Crippen LogP contribution in [0.3, 0.4) is 0 Å². The molecule has 22 heavy (non-hydrogen) atoms.